The Morgan fingerprint density at radius 1 is 1.53 bits per heavy atom. The van der Waals surface area contributed by atoms with Crippen LogP contribution in [0.4, 0.5) is 11.5 Å². The maximum Gasteiger partial charge on any atom is 0.149 e. The Hall–Kier alpha value is -1.30. The first-order valence-electron chi connectivity index (χ1n) is 4.49. The predicted octanol–water partition coefficient (Wildman–Crippen LogP) is 0.145. The zero-order valence-corrected chi connectivity index (χ0v) is 9.66. The number of anilines is 2. The van der Waals surface area contributed by atoms with Gasteiger partial charge >= 0.3 is 0 Å². The van der Waals surface area contributed by atoms with Crippen LogP contribution in [0.5, 0.6) is 0 Å². The highest BCUT2D eigenvalue weighted by Crippen LogP contribution is 2.17. The van der Waals surface area contributed by atoms with Gasteiger partial charge in [0.25, 0.3) is 0 Å². The van der Waals surface area contributed by atoms with Crippen molar-refractivity contribution in [3.05, 3.63) is 18.3 Å². The summed E-state index contributed by atoms with van der Waals surface area (Å²) in [7, 11) is -1.15. The first-order chi connectivity index (χ1) is 6.90. The molecule has 0 aromatic carbocycles. The van der Waals surface area contributed by atoms with Gasteiger partial charge in [-0.2, -0.15) is 0 Å². The number of nitrogens with two attached hydrogens (primary N) is 1. The first-order valence-corrected chi connectivity index (χ1v) is 6.55. The van der Waals surface area contributed by atoms with Crippen LogP contribution in [-0.2, 0) is 9.84 Å². The maximum absolute atomic E-state index is 11.0. The molecule has 2 N–H and O–H groups in total. The van der Waals surface area contributed by atoms with Gasteiger partial charge in [0.15, 0.2) is 0 Å². The van der Waals surface area contributed by atoms with Gasteiger partial charge in [0.1, 0.15) is 15.7 Å². The fraction of sp³-hybridized carbons (Fsp3) is 0.444. The van der Waals surface area contributed by atoms with Gasteiger partial charge < -0.3 is 10.6 Å². The van der Waals surface area contributed by atoms with E-state index in [4.69, 9.17) is 5.73 Å². The number of nitrogens with zero attached hydrogens (tertiary/aromatic N) is 2. The Bertz CT molecular complexity index is 431. The highest BCUT2D eigenvalue weighted by Gasteiger charge is 2.08. The van der Waals surface area contributed by atoms with Crippen LogP contribution < -0.4 is 10.6 Å². The van der Waals surface area contributed by atoms with Crippen molar-refractivity contribution < 1.29 is 8.42 Å². The molecule has 0 aliphatic carbocycles. The minimum atomic E-state index is -2.94. The number of aromatic nitrogens is 1. The number of hydrogen-bond donors (Lipinski definition) is 1. The van der Waals surface area contributed by atoms with Crippen molar-refractivity contribution in [1.82, 2.24) is 4.98 Å². The molecule has 0 radical (unpaired) electrons. The van der Waals surface area contributed by atoms with E-state index in [9.17, 15) is 8.42 Å². The van der Waals surface area contributed by atoms with Gasteiger partial charge in [0.05, 0.1) is 11.4 Å². The van der Waals surface area contributed by atoms with E-state index in [2.05, 4.69) is 4.98 Å². The molecular weight excluding hydrogens is 214 g/mol. The maximum atomic E-state index is 11.0. The first kappa shape index (κ1) is 11.8. The van der Waals surface area contributed by atoms with E-state index in [0.29, 0.717) is 12.4 Å². The molecule has 1 aromatic heterocycles. The molecule has 0 bridgehead atoms. The minimum Gasteiger partial charge on any atom is -0.382 e. The van der Waals surface area contributed by atoms with Crippen LogP contribution in [0.15, 0.2) is 18.3 Å². The zero-order valence-electron chi connectivity index (χ0n) is 8.84. The summed E-state index contributed by atoms with van der Waals surface area (Å²) >= 11 is 0. The molecule has 0 atom stereocenters. The van der Waals surface area contributed by atoms with Crippen LogP contribution in [0.1, 0.15) is 0 Å². The second-order valence-electron chi connectivity index (χ2n) is 3.46. The second-order valence-corrected chi connectivity index (χ2v) is 5.72. The molecule has 0 fully saturated rings. The van der Waals surface area contributed by atoms with Crippen molar-refractivity contribution in [3.8, 4) is 0 Å². The molecule has 6 heteroatoms. The number of nitrogen functional groups attached to an aromatic ring is 1. The highest BCUT2D eigenvalue weighted by atomic mass is 32.2. The van der Waals surface area contributed by atoms with Crippen LogP contribution in [-0.4, -0.2) is 39.0 Å². The molecule has 15 heavy (non-hydrogen) atoms. The molecule has 0 saturated heterocycles. The lowest BCUT2D eigenvalue weighted by atomic mass is 10.3. The number of hydrogen-bond acceptors (Lipinski definition) is 5. The van der Waals surface area contributed by atoms with Crippen LogP contribution in [0.25, 0.3) is 0 Å². The number of pyridine rings is 1. The third-order valence-electron chi connectivity index (χ3n) is 2.02. The van der Waals surface area contributed by atoms with Gasteiger partial charge in [0, 0.05) is 26.0 Å². The molecule has 1 heterocycles. The van der Waals surface area contributed by atoms with Crippen molar-refractivity contribution in [2.45, 2.75) is 0 Å². The van der Waals surface area contributed by atoms with Crippen LogP contribution >= 0.6 is 0 Å². The van der Waals surface area contributed by atoms with Gasteiger partial charge in [-0.15, -0.1) is 0 Å². The summed E-state index contributed by atoms with van der Waals surface area (Å²) in [5.41, 5.74) is 6.41. The second kappa shape index (κ2) is 4.48. The van der Waals surface area contributed by atoms with E-state index in [1.54, 1.807) is 24.2 Å². The number of rotatable bonds is 4. The predicted molar refractivity (Wildman–Crippen MR) is 61.6 cm³/mol. The molecule has 1 aromatic rings. The Morgan fingerprint density at radius 2 is 2.20 bits per heavy atom. The smallest absolute Gasteiger partial charge is 0.149 e. The van der Waals surface area contributed by atoms with E-state index in [0.717, 1.165) is 5.69 Å². The Balaban J connectivity index is 2.70. The monoisotopic (exact) mass is 229 g/mol. The van der Waals surface area contributed by atoms with Gasteiger partial charge in [-0.05, 0) is 12.1 Å². The van der Waals surface area contributed by atoms with Gasteiger partial charge in [-0.3, -0.25) is 0 Å². The fourth-order valence-corrected chi connectivity index (χ4v) is 1.76. The largest absolute Gasteiger partial charge is 0.382 e. The molecule has 84 valence electrons. The van der Waals surface area contributed by atoms with E-state index in [1.165, 1.54) is 6.26 Å². The van der Waals surface area contributed by atoms with Crippen molar-refractivity contribution in [2.75, 3.05) is 36.2 Å². The van der Waals surface area contributed by atoms with E-state index in [1.807, 2.05) is 6.07 Å². The molecule has 5 nitrogen and oxygen atoms in total. The van der Waals surface area contributed by atoms with Crippen LogP contribution in [0.3, 0.4) is 0 Å². The van der Waals surface area contributed by atoms with E-state index < -0.39 is 9.84 Å². The van der Waals surface area contributed by atoms with Gasteiger partial charge in [-0.25, -0.2) is 13.4 Å². The summed E-state index contributed by atoms with van der Waals surface area (Å²) in [6, 6.07) is 3.58. The lowest BCUT2D eigenvalue weighted by Gasteiger charge is -2.19. The van der Waals surface area contributed by atoms with Crippen molar-refractivity contribution in [1.29, 1.82) is 0 Å². The molecule has 0 spiro atoms. The average molecular weight is 229 g/mol. The molecule has 0 amide bonds. The van der Waals surface area contributed by atoms with Crippen LogP contribution in [0.2, 0.25) is 0 Å². The van der Waals surface area contributed by atoms with Gasteiger partial charge in [-0.1, -0.05) is 0 Å². The highest BCUT2D eigenvalue weighted by molar-refractivity contribution is 7.90. The lowest BCUT2D eigenvalue weighted by molar-refractivity contribution is 0.601. The normalized spacial score (nSPS) is 11.3. The Labute approximate surface area is 89.8 Å². The van der Waals surface area contributed by atoms with Gasteiger partial charge in [0.2, 0.25) is 0 Å². The third kappa shape index (κ3) is 3.75. The van der Waals surface area contributed by atoms with E-state index >= 15 is 0 Å². The van der Waals surface area contributed by atoms with E-state index in [-0.39, 0.29) is 5.75 Å². The number of sulfone groups is 1. The zero-order chi connectivity index (χ0) is 11.5. The molecule has 0 aliphatic rings. The Morgan fingerprint density at radius 3 is 2.73 bits per heavy atom. The summed E-state index contributed by atoms with van der Waals surface area (Å²) in [4.78, 5) is 5.71. The SMILES string of the molecule is CN(CCS(C)(=O)=O)c1cccnc1N. The molecular formula is C9H15N3O2S. The molecule has 0 saturated carbocycles. The third-order valence-corrected chi connectivity index (χ3v) is 2.95. The molecule has 0 aliphatic heterocycles. The quantitative estimate of drug-likeness (QED) is 0.795. The minimum absolute atomic E-state index is 0.109. The topological polar surface area (TPSA) is 76.3 Å². The van der Waals surface area contributed by atoms with Crippen LogP contribution in [0, 0.1) is 0 Å². The Kier molecular flexibility index (Phi) is 3.52. The average Bonchev–Trinajstić information content (AvgIpc) is 2.14. The summed E-state index contributed by atoms with van der Waals surface area (Å²) in [6.45, 7) is 0.411. The van der Waals surface area contributed by atoms with Crippen molar-refractivity contribution in [3.63, 3.8) is 0 Å². The molecule has 0 unspecified atom stereocenters. The summed E-state index contributed by atoms with van der Waals surface area (Å²) < 4.78 is 22.0. The molecule has 1 rings (SSSR count). The fourth-order valence-electron chi connectivity index (χ4n) is 1.16. The van der Waals surface area contributed by atoms with Crippen molar-refractivity contribution in [2.24, 2.45) is 0 Å². The summed E-state index contributed by atoms with van der Waals surface area (Å²) in [5.74, 6) is 0.520. The summed E-state index contributed by atoms with van der Waals surface area (Å²) in [6.07, 6.45) is 2.82. The van der Waals surface area contributed by atoms with Crippen molar-refractivity contribution >= 4 is 21.3 Å². The standard InChI is InChI=1S/C9H15N3O2S/c1-12(6-7-15(2,13)14)8-4-3-5-11-9(8)10/h3-5H,6-7H2,1-2H3,(H2,10,11). The lowest BCUT2D eigenvalue weighted by Crippen LogP contribution is -2.25. The summed E-state index contributed by atoms with van der Waals surface area (Å²) in [5, 5.41) is 0.